The lowest BCUT2D eigenvalue weighted by molar-refractivity contribution is -0.148. The molecule has 0 spiro atoms. The van der Waals surface area contributed by atoms with Gasteiger partial charge in [0.25, 0.3) is 0 Å². The van der Waals surface area contributed by atoms with Gasteiger partial charge in [0.05, 0.1) is 29.6 Å². The molecule has 3 rings (SSSR count). The molecule has 0 atom stereocenters. The summed E-state index contributed by atoms with van der Waals surface area (Å²) in [4.78, 5) is 19.7. The first-order valence-electron chi connectivity index (χ1n) is 9.34. The molecule has 3 aromatic heterocycles. The third kappa shape index (κ3) is 5.78. The van der Waals surface area contributed by atoms with Gasteiger partial charge in [0.15, 0.2) is 0 Å². The summed E-state index contributed by atoms with van der Waals surface area (Å²) in [5.74, 6) is 0.235. The third-order valence-corrected chi connectivity index (χ3v) is 4.35. The molecule has 8 heteroatoms. The fraction of sp³-hybridized carbons (Fsp3) is 0.333. The van der Waals surface area contributed by atoms with Crippen LogP contribution in [0.15, 0.2) is 48.9 Å². The summed E-state index contributed by atoms with van der Waals surface area (Å²) in [6.07, 6.45) is 6.77. The van der Waals surface area contributed by atoms with Crippen LogP contribution in [-0.2, 0) is 11.2 Å². The van der Waals surface area contributed by atoms with E-state index in [1.807, 2.05) is 24.3 Å². The number of ether oxygens (including phenoxy) is 2. The first-order valence-corrected chi connectivity index (χ1v) is 9.34. The van der Waals surface area contributed by atoms with Crippen molar-refractivity contribution in [1.82, 2.24) is 20.2 Å². The number of nitrogens with one attached hydrogen (secondary N) is 1. The number of carbonyl (C=O) groups is 1. The third-order valence-electron chi connectivity index (χ3n) is 4.35. The zero-order valence-electron chi connectivity index (χ0n) is 16.5. The number of aromatic amines is 1. The predicted octanol–water partition coefficient (Wildman–Crippen LogP) is 3.37. The molecule has 0 fully saturated rings. The molecule has 29 heavy (non-hydrogen) atoms. The average molecular weight is 396 g/mol. The van der Waals surface area contributed by atoms with E-state index in [0.29, 0.717) is 12.5 Å². The number of nitrogens with zero attached hydrogens (tertiary/aromatic N) is 3. The van der Waals surface area contributed by atoms with Crippen molar-refractivity contribution in [2.75, 3.05) is 13.2 Å². The van der Waals surface area contributed by atoms with Gasteiger partial charge in [-0.1, -0.05) is 6.07 Å². The fourth-order valence-corrected chi connectivity index (χ4v) is 2.45. The highest BCUT2D eigenvalue weighted by Gasteiger charge is 2.28. The van der Waals surface area contributed by atoms with E-state index in [0.717, 1.165) is 35.5 Å². The van der Waals surface area contributed by atoms with Gasteiger partial charge in [-0.05, 0) is 50.5 Å². The second kappa shape index (κ2) is 9.18. The lowest BCUT2D eigenvalue weighted by atomic mass is 9.95. The molecule has 0 bridgehead atoms. The highest BCUT2D eigenvalue weighted by atomic mass is 16.5. The highest BCUT2D eigenvalue weighted by Crippen LogP contribution is 2.19. The van der Waals surface area contributed by atoms with Crippen LogP contribution in [-0.4, -0.2) is 44.5 Å². The monoisotopic (exact) mass is 396 g/mol. The number of aromatic nitrogens is 4. The van der Waals surface area contributed by atoms with Gasteiger partial charge in [-0.3, -0.25) is 14.9 Å². The summed E-state index contributed by atoms with van der Waals surface area (Å²) in [7, 11) is 0. The Morgan fingerprint density at radius 2 is 1.97 bits per heavy atom. The Hall–Kier alpha value is -3.42. The van der Waals surface area contributed by atoms with Crippen LogP contribution in [0.5, 0.6) is 11.6 Å². The molecule has 152 valence electrons. The smallest absolute Gasteiger partial charge is 0.312 e. The van der Waals surface area contributed by atoms with E-state index in [9.17, 15) is 4.79 Å². The summed E-state index contributed by atoms with van der Waals surface area (Å²) >= 11 is 0. The van der Waals surface area contributed by atoms with Crippen molar-refractivity contribution >= 4 is 5.97 Å². The van der Waals surface area contributed by atoms with Crippen LogP contribution in [0.4, 0.5) is 0 Å². The van der Waals surface area contributed by atoms with Gasteiger partial charge in [0.1, 0.15) is 12.4 Å². The Kier molecular flexibility index (Phi) is 6.43. The van der Waals surface area contributed by atoms with Gasteiger partial charge >= 0.3 is 5.97 Å². The maximum atomic E-state index is 11.1. The molecular weight excluding hydrogens is 372 g/mol. The number of rotatable bonds is 10. The molecule has 0 amide bonds. The average Bonchev–Trinajstić information content (AvgIpc) is 3.26. The summed E-state index contributed by atoms with van der Waals surface area (Å²) < 4.78 is 11.2. The highest BCUT2D eigenvalue weighted by molar-refractivity contribution is 5.73. The van der Waals surface area contributed by atoms with E-state index in [4.69, 9.17) is 14.6 Å². The van der Waals surface area contributed by atoms with E-state index in [1.54, 1.807) is 38.5 Å². The van der Waals surface area contributed by atoms with Crippen molar-refractivity contribution < 1.29 is 19.4 Å². The molecule has 2 N–H and O–H groups in total. The standard InChI is InChI=1S/C21H24N4O4/c1-21(2,20(26)27)14-29-19-8-5-15(12-23-19)4-3-11-28-16-6-7-17(22-13-16)18-9-10-24-25-18/h5-10,12-13H,3-4,11,14H2,1-2H3,(H,24,25)(H,26,27). The summed E-state index contributed by atoms with van der Waals surface area (Å²) in [5.41, 5.74) is 1.78. The molecule has 8 nitrogen and oxygen atoms in total. The molecule has 3 heterocycles. The van der Waals surface area contributed by atoms with Crippen LogP contribution < -0.4 is 9.47 Å². The molecular formula is C21H24N4O4. The Bertz CT molecular complexity index is 907. The van der Waals surface area contributed by atoms with E-state index < -0.39 is 11.4 Å². The maximum absolute atomic E-state index is 11.1. The fourth-order valence-electron chi connectivity index (χ4n) is 2.45. The number of hydrogen-bond donors (Lipinski definition) is 2. The predicted molar refractivity (Wildman–Crippen MR) is 107 cm³/mol. The molecule has 0 aliphatic heterocycles. The van der Waals surface area contributed by atoms with Crippen LogP contribution in [0.1, 0.15) is 25.8 Å². The number of H-pyrrole nitrogens is 1. The molecule has 0 unspecified atom stereocenters. The minimum atomic E-state index is -0.955. The second-order valence-electron chi connectivity index (χ2n) is 7.28. The zero-order chi connectivity index (χ0) is 20.7. The first-order chi connectivity index (χ1) is 13.9. The zero-order valence-corrected chi connectivity index (χ0v) is 16.5. The molecule has 0 aromatic carbocycles. The SMILES string of the molecule is CC(C)(COc1ccc(CCCOc2ccc(-c3ccn[nH]3)nc2)cn1)C(=O)O. The Morgan fingerprint density at radius 1 is 1.10 bits per heavy atom. The number of carboxylic acid groups (broad SMARTS) is 1. The summed E-state index contributed by atoms with van der Waals surface area (Å²) in [5, 5.41) is 15.9. The largest absolute Gasteiger partial charge is 0.492 e. The van der Waals surface area contributed by atoms with Crippen molar-refractivity contribution in [3.05, 3.63) is 54.5 Å². The topological polar surface area (TPSA) is 110 Å². The Labute approximate surface area is 168 Å². The van der Waals surface area contributed by atoms with Crippen LogP contribution in [0, 0.1) is 5.41 Å². The van der Waals surface area contributed by atoms with Crippen LogP contribution in [0.2, 0.25) is 0 Å². The first kappa shape index (κ1) is 20.3. The van der Waals surface area contributed by atoms with Crippen molar-refractivity contribution in [3.8, 4) is 23.0 Å². The minimum absolute atomic E-state index is 0.0652. The molecule has 3 aromatic rings. The summed E-state index contributed by atoms with van der Waals surface area (Å²) in [6, 6.07) is 9.32. The Morgan fingerprint density at radius 3 is 2.59 bits per heavy atom. The lowest BCUT2D eigenvalue weighted by Gasteiger charge is -2.18. The van der Waals surface area contributed by atoms with Crippen molar-refractivity contribution in [2.24, 2.45) is 5.41 Å². The van der Waals surface area contributed by atoms with E-state index in [1.165, 1.54) is 0 Å². The van der Waals surface area contributed by atoms with Crippen molar-refractivity contribution in [3.63, 3.8) is 0 Å². The summed E-state index contributed by atoms with van der Waals surface area (Å²) in [6.45, 7) is 3.86. The molecule has 0 radical (unpaired) electrons. The maximum Gasteiger partial charge on any atom is 0.312 e. The number of aliphatic carboxylic acids is 1. The van der Waals surface area contributed by atoms with E-state index >= 15 is 0 Å². The Balaban J connectivity index is 1.40. The molecule has 0 saturated carbocycles. The normalized spacial score (nSPS) is 11.2. The van der Waals surface area contributed by atoms with Crippen LogP contribution in [0.25, 0.3) is 11.4 Å². The quantitative estimate of drug-likeness (QED) is 0.506. The number of aryl methyl sites for hydroxylation is 1. The molecule has 0 aliphatic carbocycles. The number of pyridine rings is 2. The van der Waals surface area contributed by atoms with Gasteiger partial charge in [0, 0.05) is 18.5 Å². The van der Waals surface area contributed by atoms with Crippen molar-refractivity contribution in [2.45, 2.75) is 26.7 Å². The molecule has 0 aliphatic rings. The second-order valence-corrected chi connectivity index (χ2v) is 7.28. The molecule has 0 saturated heterocycles. The van der Waals surface area contributed by atoms with Crippen LogP contribution >= 0.6 is 0 Å². The van der Waals surface area contributed by atoms with E-state index in [2.05, 4.69) is 20.2 Å². The number of hydrogen-bond acceptors (Lipinski definition) is 6. The number of carboxylic acids is 1. The van der Waals surface area contributed by atoms with E-state index in [-0.39, 0.29) is 6.61 Å². The minimum Gasteiger partial charge on any atom is -0.492 e. The van der Waals surface area contributed by atoms with Crippen LogP contribution in [0.3, 0.4) is 0 Å². The van der Waals surface area contributed by atoms with Crippen molar-refractivity contribution in [1.29, 1.82) is 0 Å². The van der Waals surface area contributed by atoms with Gasteiger partial charge in [0.2, 0.25) is 5.88 Å². The van der Waals surface area contributed by atoms with Gasteiger partial charge in [-0.25, -0.2) is 4.98 Å². The lowest BCUT2D eigenvalue weighted by Crippen LogP contribution is -2.30. The van der Waals surface area contributed by atoms with Gasteiger partial charge < -0.3 is 14.6 Å². The van der Waals surface area contributed by atoms with Gasteiger partial charge in [-0.2, -0.15) is 5.10 Å². The van der Waals surface area contributed by atoms with Gasteiger partial charge in [-0.15, -0.1) is 0 Å².